The first-order valence-corrected chi connectivity index (χ1v) is 7.50. The molecule has 0 bridgehead atoms. The van der Waals surface area contributed by atoms with Crippen LogP contribution < -0.4 is 0 Å². The Bertz CT molecular complexity index is 499. The van der Waals surface area contributed by atoms with E-state index in [9.17, 15) is 9.18 Å². The lowest BCUT2D eigenvalue weighted by atomic mass is 10.1. The molecule has 0 spiro atoms. The Kier molecular flexibility index (Phi) is 5.31. The summed E-state index contributed by atoms with van der Waals surface area (Å²) in [6.07, 6.45) is 1.13. The first-order valence-electron chi connectivity index (χ1n) is 7.50. The summed E-state index contributed by atoms with van der Waals surface area (Å²) in [6.45, 7) is 8.63. The molecule has 1 heterocycles. The van der Waals surface area contributed by atoms with Crippen LogP contribution in [0.15, 0.2) is 18.2 Å². The van der Waals surface area contributed by atoms with Crippen molar-refractivity contribution in [3.63, 3.8) is 0 Å². The van der Waals surface area contributed by atoms with Gasteiger partial charge >= 0.3 is 5.97 Å². The Balaban J connectivity index is 1.98. The average Bonchev–Trinajstić information content (AvgIpc) is 2.49. The number of piperazine rings is 1. The van der Waals surface area contributed by atoms with Crippen LogP contribution in [0.3, 0.4) is 0 Å². The average molecular weight is 294 g/mol. The maximum absolute atomic E-state index is 14.1. The molecule has 2 rings (SSSR count). The smallest absolute Gasteiger partial charge is 0.338 e. The van der Waals surface area contributed by atoms with Gasteiger partial charge < -0.3 is 5.11 Å². The lowest BCUT2D eigenvalue weighted by Crippen LogP contribution is -2.49. The number of carbonyl (C=O) groups is 1. The minimum Gasteiger partial charge on any atom is -0.478 e. The fraction of sp³-hybridized carbons (Fsp3) is 0.562. The third kappa shape index (κ3) is 3.80. The molecular formula is C16H23FN2O2. The van der Waals surface area contributed by atoms with E-state index in [1.807, 2.05) is 0 Å². The van der Waals surface area contributed by atoms with E-state index >= 15 is 0 Å². The number of halogens is 1. The number of aromatic carboxylic acids is 1. The third-order valence-electron chi connectivity index (χ3n) is 4.32. The van der Waals surface area contributed by atoms with Crippen LogP contribution in [0.25, 0.3) is 0 Å². The summed E-state index contributed by atoms with van der Waals surface area (Å²) in [4.78, 5) is 15.6. The predicted octanol–water partition coefficient (Wildman–Crippen LogP) is 2.44. The van der Waals surface area contributed by atoms with Crippen LogP contribution in [0.2, 0.25) is 0 Å². The molecule has 1 unspecified atom stereocenters. The van der Waals surface area contributed by atoms with Crippen LogP contribution in [0.1, 0.15) is 36.2 Å². The summed E-state index contributed by atoms with van der Waals surface area (Å²) in [5, 5.41) is 8.96. The van der Waals surface area contributed by atoms with Crippen molar-refractivity contribution < 1.29 is 14.3 Å². The number of rotatable bonds is 5. The van der Waals surface area contributed by atoms with Gasteiger partial charge in [0.1, 0.15) is 5.82 Å². The van der Waals surface area contributed by atoms with Gasteiger partial charge in [0, 0.05) is 44.3 Å². The normalized spacial score (nSPS) is 18.6. The summed E-state index contributed by atoms with van der Waals surface area (Å²) < 4.78 is 14.1. The van der Waals surface area contributed by atoms with Gasteiger partial charge in [0.05, 0.1) is 5.56 Å². The van der Waals surface area contributed by atoms with Gasteiger partial charge in [-0.3, -0.25) is 9.80 Å². The van der Waals surface area contributed by atoms with Gasteiger partial charge in [0.25, 0.3) is 0 Å². The van der Waals surface area contributed by atoms with Crippen molar-refractivity contribution in [1.82, 2.24) is 9.80 Å². The summed E-state index contributed by atoms with van der Waals surface area (Å²) in [6, 6.07) is 5.17. The highest BCUT2D eigenvalue weighted by Gasteiger charge is 2.22. The Morgan fingerprint density at radius 1 is 1.33 bits per heavy atom. The van der Waals surface area contributed by atoms with Crippen LogP contribution in [-0.4, -0.2) is 53.1 Å². The Morgan fingerprint density at radius 2 is 2.00 bits per heavy atom. The maximum atomic E-state index is 14.1. The SMILES string of the molecule is CCC(C)N1CCN(Cc2cccc(C(=O)O)c2F)CC1. The molecule has 1 fully saturated rings. The van der Waals surface area contributed by atoms with E-state index in [4.69, 9.17) is 5.11 Å². The number of benzene rings is 1. The number of hydrogen-bond acceptors (Lipinski definition) is 3. The zero-order valence-electron chi connectivity index (χ0n) is 12.7. The summed E-state index contributed by atoms with van der Waals surface area (Å²) in [5.74, 6) is -1.81. The first kappa shape index (κ1) is 15.9. The topological polar surface area (TPSA) is 43.8 Å². The second-order valence-electron chi connectivity index (χ2n) is 5.65. The van der Waals surface area contributed by atoms with Gasteiger partial charge in [-0.25, -0.2) is 9.18 Å². The molecule has 116 valence electrons. The van der Waals surface area contributed by atoms with Crippen molar-refractivity contribution >= 4 is 5.97 Å². The zero-order chi connectivity index (χ0) is 15.4. The number of hydrogen-bond donors (Lipinski definition) is 1. The van der Waals surface area contributed by atoms with Gasteiger partial charge in [-0.2, -0.15) is 0 Å². The molecule has 5 heteroatoms. The van der Waals surface area contributed by atoms with Crippen molar-refractivity contribution in [1.29, 1.82) is 0 Å². The Morgan fingerprint density at radius 3 is 2.57 bits per heavy atom. The van der Waals surface area contributed by atoms with Crippen LogP contribution >= 0.6 is 0 Å². The van der Waals surface area contributed by atoms with Crippen LogP contribution in [0, 0.1) is 5.82 Å². The fourth-order valence-corrected chi connectivity index (χ4v) is 2.73. The largest absolute Gasteiger partial charge is 0.478 e. The van der Waals surface area contributed by atoms with E-state index < -0.39 is 11.8 Å². The van der Waals surface area contributed by atoms with Gasteiger partial charge in [-0.05, 0) is 19.4 Å². The fourth-order valence-electron chi connectivity index (χ4n) is 2.73. The molecule has 1 aromatic carbocycles. The van der Waals surface area contributed by atoms with Crippen molar-refractivity contribution in [3.05, 3.63) is 35.1 Å². The quantitative estimate of drug-likeness (QED) is 0.906. The maximum Gasteiger partial charge on any atom is 0.338 e. The predicted molar refractivity (Wildman–Crippen MR) is 80.0 cm³/mol. The molecule has 0 radical (unpaired) electrons. The zero-order valence-corrected chi connectivity index (χ0v) is 12.7. The summed E-state index contributed by atoms with van der Waals surface area (Å²) in [5.41, 5.74) is 0.220. The number of carboxylic acids is 1. The van der Waals surface area contributed by atoms with Gasteiger partial charge in [0.15, 0.2) is 0 Å². The first-order chi connectivity index (χ1) is 10.0. The van der Waals surface area contributed by atoms with Crippen molar-refractivity contribution in [2.75, 3.05) is 26.2 Å². The molecule has 1 aliphatic heterocycles. The monoisotopic (exact) mass is 294 g/mol. The lowest BCUT2D eigenvalue weighted by Gasteiger charge is -2.37. The Labute approximate surface area is 125 Å². The number of carboxylic acid groups (broad SMARTS) is 1. The molecule has 1 aromatic rings. The van der Waals surface area contributed by atoms with E-state index in [2.05, 4.69) is 23.6 Å². The molecule has 21 heavy (non-hydrogen) atoms. The molecule has 0 aromatic heterocycles. The molecule has 1 saturated heterocycles. The van der Waals surface area contributed by atoms with E-state index in [1.54, 1.807) is 12.1 Å². The van der Waals surface area contributed by atoms with Crippen LogP contribution in [0.5, 0.6) is 0 Å². The highest BCUT2D eigenvalue weighted by molar-refractivity contribution is 5.88. The summed E-state index contributed by atoms with van der Waals surface area (Å²) in [7, 11) is 0. The molecule has 1 aliphatic rings. The lowest BCUT2D eigenvalue weighted by molar-refractivity contribution is 0.0690. The second-order valence-corrected chi connectivity index (χ2v) is 5.65. The van der Waals surface area contributed by atoms with Gasteiger partial charge in [-0.1, -0.05) is 19.1 Å². The molecule has 0 amide bonds. The van der Waals surface area contributed by atoms with E-state index in [1.165, 1.54) is 6.07 Å². The molecule has 0 saturated carbocycles. The van der Waals surface area contributed by atoms with Crippen molar-refractivity contribution in [2.45, 2.75) is 32.9 Å². The van der Waals surface area contributed by atoms with E-state index in [0.717, 1.165) is 32.6 Å². The van der Waals surface area contributed by atoms with E-state index in [0.29, 0.717) is 18.2 Å². The highest BCUT2D eigenvalue weighted by Crippen LogP contribution is 2.17. The standard InChI is InChI=1S/C16H23FN2O2/c1-3-12(2)19-9-7-18(8-10-19)11-13-5-4-6-14(15(13)17)16(20)21/h4-6,12H,3,7-11H2,1-2H3,(H,20,21). The molecule has 1 N–H and O–H groups in total. The van der Waals surface area contributed by atoms with E-state index in [-0.39, 0.29) is 5.56 Å². The summed E-state index contributed by atoms with van der Waals surface area (Å²) >= 11 is 0. The van der Waals surface area contributed by atoms with Crippen molar-refractivity contribution in [2.24, 2.45) is 0 Å². The Hall–Kier alpha value is -1.46. The third-order valence-corrected chi connectivity index (χ3v) is 4.32. The molecule has 1 atom stereocenters. The minimum absolute atomic E-state index is 0.245. The van der Waals surface area contributed by atoms with Crippen LogP contribution in [-0.2, 0) is 6.54 Å². The van der Waals surface area contributed by atoms with Crippen molar-refractivity contribution in [3.8, 4) is 0 Å². The second kappa shape index (κ2) is 7.00. The molecule has 4 nitrogen and oxygen atoms in total. The highest BCUT2D eigenvalue weighted by atomic mass is 19.1. The van der Waals surface area contributed by atoms with Gasteiger partial charge in [0.2, 0.25) is 0 Å². The molecular weight excluding hydrogens is 271 g/mol. The number of nitrogens with zero attached hydrogens (tertiary/aromatic N) is 2. The van der Waals surface area contributed by atoms with Crippen LogP contribution in [0.4, 0.5) is 4.39 Å². The molecule has 0 aliphatic carbocycles. The minimum atomic E-state index is -1.21. The van der Waals surface area contributed by atoms with Gasteiger partial charge in [-0.15, -0.1) is 0 Å².